The van der Waals surface area contributed by atoms with Crippen LogP contribution in [0.4, 0.5) is 11.4 Å². The number of ether oxygens (including phenoxy) is 1. The molecule has 0 aromatic heterocycles. The first kappa shape index (κ1) is 18.8. The lowest BCUT2D eigenvalue weighted by atomic mass is 10.1. The Bertz CT molecular complexity index is 762. The van der Waals surface area contributed by atoms with Crippen molar-refractivity contribution in [2.24, 2.45) is 0 Å². The van der Waals surface area contributed by atoms with Gasteiger partial charge in [0, 0.05) is 29.4 Å². The first-order valence-corrected chi connectivity index (χ1v) is 8.45. The molecule has 0 unspecified atom stereocenters. The minimum Gasteiger partial charge on any atom is -0.462 e. The molecule has 0 aliphatic carbocycles. The van der Waals surface area contributed by atoms with Crippen molar-refractivity contribution in [3.8, 4) is 0 Å². The number of aryl methyl sites for hydroxylation is 1. The van der Waals surface area contributed by atoms with Crippen molar-refractivity contribution < 1.29 is 14.3 Å². The van der Waals surface area contributed by atoms with Gasteiger partial charge in [0.1, 0.15) is 0 Å². The zero-order chi connectivity index (χ0) is 18.2. The van der Waals surface area contributed by atoms with E-state index in [2.05, 4.69) is 10.6 Å². The number of halogens is 1. The number of hydrogen-bond donors (Lipinski definition) is 2. The number of esters is 1. The van der Waals surface area contributed by atoms with Crippen molar-refractivity contribution in [1.82, 2.24) is 0 Å². The number of carbonyl (C=O) groups is 2. The largest absolute Gasteiger partial charge is 0.462 e. The lowest BCUT2D eigenvalue weighted by Crippen LogP contribution is -2.17. The van der Waals surface area contributed by atoms with E-state index >= 15 is 0 Å². The molecule has 2 aromatic carbocycles. The quantitative estimate of drug-likeness (QED) is 0.724. The number of para-hydroxylation sites is 1. The Labute approximate surface area is 152 Å². The Hall–Kier alpha value is -2.53. The maximum atomic E-state index is 12.0. The summed E-state index contributed by atoms with van der Waals surface area (Å²) >= 11 is 6.05. The SMILES string of the molecule is CCOC(=O)c1ccccc1NCCC(=O)Nc1ccc(C)c(Cl)c1. The van der Waals surface area contributed by atoms with E-state index in [9.17, 15) is 9.59 Å². The van der Waals surface area contributed by atoms with Crippen LogP contribution in [0.5, 0.6) is 0 Å². The third-order valence-corrected chi connectivity index (χ3v) is 3.95. The molecule has 0 aliphatic heterocycles. The lowest BCUT2D eigenvalue weighted by Gasteiger charge is -2.11. The van der Waals surface area contributed by atoms with Crippen LogP contribution in [0, 0.1) is 6.92 Å². The van der Waals surface area contributed by atoms with Gasteiger partial charge in [0.05, 0.1) is 12.2 Å². The van der Waals surface area contributed by atoms with Crippen LogP contribution < -0.4 is 10.6 Å². The Kier molecular flexibility index (Phi) is 6.83. The van der Waals surface area contributed by atoms with Crippen molar-refractivity contribution in [1.29, 1.82) is 0 Å². The fraction of sp³-hybridized carbons (Fsp3) is 0.263. The second-order valence-electron chi connectivity index (χ2n) is 5.45. The van der Waals surface area contributed by atoms with Crippen LogP contribution in [-0.2, 0) is 9.53 Å². The summed E-state index contributed by atoms with van der Waals surface area (Å²) in [7, 11) is 0. The van der Waals surface area contributed by atoms with E-state index in [4.69, 9.17) is 16.3 Å². The molecule has 0 heterocycles. The summed E-state index contributed by atoms with van der Waals surface area (Å²) in [6, 6.07) is 12.4. The highest BCUT2D eigenvalue weighted by Gasteiger charge is 2.12. The predicted molar refractivity (Wildman–Crippen MR) is 100 cm³/mol. The van der Waals surface area contributed by atoms with Gasteiger partial charge in [0.2, 0.25) is 5.91 Å². The summed E-state index contributed by atoms with van der Waals surface area (Å²) in [5.74, 6) is -0.523. The van der Waals surface area contributed by atoms with E-state index < -0.39 is 0 Å². The highest BCUT2D eigenvalue weighted by atomic mass is 35.5. The number of rotatable bonds is 7. The van der Waals surface area contributed by atoms with Crippen molar-refractivity contribution in [3.05, 3.63) is 58.6 Å². The number of nitrogens with one attached hydrogen (secondary N) is 2. The summed E-state index contributed by atoms with van der Waals surface area (Å²) < 4.78 is 5.03. The van der Waals surface area contributed by atoms with Crippen molar-refractivity contribution >= 4 is 34.9 Å². The standard InChI is InChI=1S/C19H21ClN2O3/c1-3-25-19(24)15-6-4-5-7-17(15)21-11-10-18(23)22-14-9-8-13(2)16(20)12-14/h4-9,12,21H,3,10-11H2,1-2H3,(H,22,23). The summed E-state index contributed by atoms with van der Waals surface area (Å²) in [4.78, 5) is 23.9. The fourth-order valence-corrected chi connectivity index (χ4v) is 2.41. The van der Waals surface area contributed by atoms with Crippen molar-refractivity contribution in [3.63, 3.8) is 0 Å². The Balaban J connectivity index is 1.89. The van der Waals surface area contributed by atoms with E-state index in [1.165, 1.54) is 0 Å². The molecule has 25 heavy (non-hydrogen) atoms. The molecule has 2 rings (SSSR count). The van der Waals surface area contributed by atoms with E-state index in [1.54, 1.807) is 31.2 Å². The summed E-state index contributed by atoms with van der Waals surface area (Å²) in [6.07, 6.45) is 0.253. The van der Waals surface area contributed by atoms with Crippen molar-refractivity contribution in [2.45, 2.75) is 20.3 Å². The molecule has 1 amide bonds. The smallest absolute Gasteiger partial charge is 0.340 e. The van der Waals surface area contributed by atoms with Gasteiger partial charge in [-0.1, -0.05) is 29.8 Å². The van der Waals surface area contributed by atoms with Gasteiger partial charge in [-0.15, -0.1) is 0 Å². The van der Waals surface area contributed by atoms with E-state index in [0.717, 1.165) is 5.56 Å². The van der Waals surface area contributed by atoms with Crippen molar-refractivity contribution in [2.75, 3.05) is 23.8 Å². The third-order valence-electron chi connectivity index (χ3n) is 3.55. The fourth-order valence-electron chi connectivity index (χ4n) is 2.23. The van der Waals surface area contributed by atoms with E-state index in [0.29, 0.717) is 35.1 Å². The molecule has 2 N–H and O–H groups in total. The van der Waals surface area contributed by atoms with E-state index in [-0.39, 0.29) is 18.3 Å². The monoisotopic (exact) mass is 360 g/mol. The molecule has 132 valence electrons. The Morgan fingerprint density at radius 3 is 2.64 bits per heavy atom. The van der Waals surface area contributed by atoms with Crippen LogP contribution >= 0.6 is 11.6 Å². The minimum absolute atomic E-state index is 0.138. The third kappa shape index (κ3) is 5.50. The van der Waals surface area contributed by atoms with Gasteiger partial charge < -0.3 is 15.4 Å². The number of carbonyl (C=O) groups excluding carboxylic acids is 2. The summed E-state index contributed by atoms with van der Waals surface area (Å²) in [5, 5.41) is 6.51. The van der Waals surface area contributed by atoms with Crippen LogP contribution in [0.15, 0.2) is 42.5 Å². The van der Waals surface area contributed by atoms with Crippen LogP contribution in [0.1, 0.15) is 29.3 Å². The Morgan fingerprint density at radius 2 is 1.92 bits per heavy atom. The van der Waals surface area contributed by atoms with Gasteiger partial charge >= 0.3 is 5.97 Å². The van der Waals surface area contributed by atoms with Crippen LogP contribution in [0.3, 0.4) is 0 Å². The number of hydrogen-bond acceptors (Lipinski definition) is 4. The number of anilines is 2. The van der Waals surface area contributed by atoms with Gasteiger partial charge in [-0.2, -0.15) is 0 Å². The predicted octanol–water partition coefficient (Wildman–Crippen LogP) is 4.27. The van der Waals surface area contributed by atoms with E-state index in [1.807, 2.05) is 25.1 Å². The summed E-state index contributed by atoms with van der Waals surface area (Å²) in [5.41, 5.74) is 2.71. The Morgan fingerprint density at radius 1 is 1.16 bits per heavy atom. The van der Waals surface area contributed by atoms with Gasteiger partial charge in [-0.3, -0.25) is 4.79 Å². The van der Waals surface area contributed by atoms with Crippen LogP contribution in [0.25, 0.3) is 0 Å². The number of amides is 1. The molecule has 5 nitrogen and oxygen atoms in total. The number of benzene rings is 2. The second kappa shape index (κ2) is 9.08. The van der Waals surface area contributed by atoms with Gasteiger partial charge in [-0.05, 0) is 43.7 Å². The second-order valence-corrected chi connectivity index (χ2v) is 5.86. The molecule has 0 spiro atoms. The molecular weight excluding hydrogens is 340 g/mol. The zero-order valence-electron chi connectivity index (χ0n) is 14.3. The molecule has 0 radical (unpaired) electrons. The van der Waals surface area contributed by atoms with Gasteiger partial charge in [0.25, 0.3) is 0 Å². The summed E-state index contributed by atoms with van der Waals surface area (Å²) in [6.45, 7) is 4.37. The lowest BCUT2D eigenvalue weighted by molar-refractivity contribution is -0.115. The zero-order valence-corrected chi connectivity index (χ0v) is 15.0. The highest BCUT2D eigenvalue weighted by Crippen LogP contribution is 2.20. The average molecular weight is 361 g/mol. The molecule has 0 bridgehead atoms. The minimum atomic E-state index is -0.385. The van der Waals surface area contributed by atoms with Crippen LogP contribution in [0.2, 0.25) is 5.02 Å². The first-order valence-electron chi connectivity index (χ1n) is 8.07. The topological polar surface area (TPSA) is 67.4 Å². The molecule has 0 aliphatic rings. The first-order chi connectivity index (χ1) is 12.0. The molecule has 0 saturated carbocycles. The molecule has 2 aromatic rings. The molecule has 6 heteroatoms. The molecule has 0 atom stereocenters. The maximum Gasteiger partial charge on any atom is 0.340 e. The van der Waals surface area contributed by atoms with Gasteiger partial charge in [0.15, 0.2) is 0 Å². The maximum absolute atomic E-state index is 12.0. The average Bonchev–Trinajstić information content (AvgIpc) is 2.59. The normalized spacial score (nSPS) is 10.2. The molecular formula is C19H21ClN2O3. The van der Waals surface area contributed by atoms with Gasteiger partial charge in [-0.25, -0.2) is 4.79 Å². The van der Waals surface area contributed by atoms with Crippen LogP contribution in [-0.4, -0.2) is 25.0 Å². The molecule has 0 saturated heterocycles. The molecule has 0 fully saturated rings. The highest BCUT2D eigenvalue weighted by molar-refractivity contribution is 6.31.